The van der Waals surface area contributed by atoms with Gasteiger partial charge in [0.25, 0.3) is 0 Å². The van der Waals surface area contributed by atoms with Gasteiger partial charge in [-0.05, 0) is 97.9 Å². The van der Waals surface area contributed by atoms with Crippen LogP contribution in [0.3, 0.4) is 0 Å². The van der Waals surface area contributed by atoms with E-state index < -0.39 is 0 Å². The van der Waals surface area contributed by atoms with Crippen molar-refractivity contribution in [3.05, 3.63) is 96.4 Å². The molecule has 1 aromatic carbocycles. The van der Waals surface area contributed by atoms with Crippen molar-refractivity contribution >= 4 is 17.0 Å². The molecule has 1 saturated heterocycles. The number of hydrogen-bond donors (Lipinski definition) is 1. The fourth-order valence-electron chi connectivity index (χ4n) is 5.14. The molecule has 180 valence electrons. The zero-order chi connectivity index (χ0) is 24.3. The average Bonchev–Trinajstić information content (AvgIpc) is 3.31. The highest BCUT2D eigenvalue weighted by atomic mass is 15.1. The van der Waals surface area contributed by atoms with Gasteiger partial charge in [-0.2, -0.15) is 0 Å². The second-order valence-electron chi connectivity index (χ2n) is 9.51. The Hall–Kier alpha value is -4.10. The number of benzene rings is 1. The molecule has 0 aliphatic carbocycles. The van der Waals surface area contributed by atoms with Gasteiger partial charge in [-0.3, -0.25) is 14.5 Å². The SMILES string of the molecule is Nc1cc(CN2CCC(Cc3ccc(-n4c(-c5ccccn5)nc5cccnc54)cc3)CC2)ccn1. The van der Waals surface area contributed by atoms with E-state index >= 15 is 0 Å². The van der Waals surface area contributed by atoms with Crippen molar-refractivity contribution in [1.29, 1.82) is 0 Å². The zero-order valence-electron chi connectivity index (χ0n) is 20.2. The summed E-state index contributed by atoms with van der Waals surface area (Å²) in [7, 11) is 0. The largest absolute Gasteiger partial charge is 0.384 e. The Labute approximate surface area is 210 Å². The predicted octanol–water partition coefficient (Wildman–Crippen LogP) is 4.91. The van der Waals surface area contributed by atoms with E-state index in [1.54, 1.807) is 12.4 Å². The molecule has 36 heavy (non-hydrogen) atoms. The normalized spacial score (nSPS) is 14.9. The van der Waals surface area contributed by atoms with E-state index in [-0.39, 0.29) is 0 Å². The summed E-state index contributed by atoms with van der Waals surface area (Å²) in [5.74, 6) is 2.10. The van der Waals surface area contributed by atoms with Crippen LogP contribution in [0.15, 0.2) is 85.3 Å². The van der Waals surface area contributed by atoms with Gasteiger partial charge in [-0.1, -0.05) is 18.2 Å². The van der Waals surface area contributed by atoms with Crippen molar-refractivity contribution in [2.24, 2.45) is 5.92 Å². The Bertz CT molecular complexity index is 1450. The minimum absolute atomic E-state index is 0.595. The highest BCUT2D eigenvalue weighted by Gasteiger charge is 2.20. The molecule has 0 amide bonds. The third-order valence-corrected chi connectivity index (χ3v) is 6.99. The third-order valence-electron chi connectivity index (χ3n) is 6.99. The second-order valence-corrected chi connectivity index (χ2v) is 9.51. The number of nitrogens with two attached hydrogens (primary N) is 1. The molecule has 0 saturated carbocycles. The van der Waals surface area contributed by atoms with Gasteiger partial charge in [0.2, 0.25) is 0 Å². The van der Waals surface area contributed by atoms with Crippen LogP contribution >= 0.6 is 0 Å². The molecule has 0 radical (unpaired) electrons. The maximum absolute atomic E-state index is 5.84. The fraction of sp³-hybridized carbons (Fsp3) is 0.241. The van der Waals surface area contributed by atoms with Crippen LogP contribution in [0.1, 0.15) is 24.0 Å². The lowest BCUT2D eigenvalue weighted by atomic mass is 9.90. The van der Waals surface area contributed by atoms with Crippen LogP contribution < -0.4 is 5.73 Å². The number of likely N-dealkylation sites (tertiary alicyclic amines) is 1. The minimum Gasteiger partial charge on any atom is -0.384 e. The molecule has 5 heterocycles. The van der Waals surface area contributed by atoms with Crippen LogP contribution in [-0.2, 0) is 13.0 Å². The average molecular weight is 476 g/mol. The van der Waals surface area contributed by atoms with E-state index in [2.05, 4.69) is 54.8 Å². The molecule has 0 atom stereocenters. The van der Waals surface area contributed by atoms with Crippen molar-refractivity contribution in [3.8, 4) is 17.2 Å². The molecule has 1 fully saturated rings. The first-order chi connectivity index (χ1) is 17.7. The van der Waals surface area contributed by atoms with E-state index in [0.717, 1.165) is 54.4 Å². The van der Waals surface area contributed by atoms with Crippen LogP contribution in [0, 0.1) is 5.92 Å². The molecular formula is C29H29N7. The number of nitrogen functional groups attached to an aromatic ring is 1. The van der Waals surface area contributed by atoms with Crippen LogP contribution in [0.25, 0.3) is 28.4 Å². The standard InChI is InChI=1S/C29H29N7/c30-27-19-23(10-15-32-27)20-35-16-11-22(12-17-35)18-21-6-8-24(9-7-21)36-28-26(5-3-14-33-28)34-29(36)25-4-1-2-13-31-25/h1-10,13-15,19,22H,11-12,16-18,20H2,(H2,30,32). The van der Waals surface area contributed by atoms with Gasteiger partial charge in [0.15, 0.2) is 11.5 Å². The topological polar surface area (TPSA) is 85.8 Å². The molecule has 6 rings (SSSR count). The maximum atomic E-state index is 5.84. The molecule has 1 aliphatic heterocycles. The number of nitrogens with zero attached hydrogens (tertiary/aromatic N) is 6. The fourth-order valence-corrected chi connectivity index (χ4v) is 5.14. The number of aromatic nitrogens is 5. The van der Waals surface area contributed by atoms with E-state index in [1.807, 2.05) is 42.6 Å². The Morgan fingerprint density at radius 1 is 0.806 bits per heavy atom. The van der Waals surface area contributed by atoms with Crippen molar-refractivity contribution in [1.82, 2.24) is 29.4 Å². The van der Waals surface area contributed by atoms with Gasteiger partial charge >= 0.3 is 0 Å². The lowest BCUT2D eigenvalue weighted by Gasteiger charge is -2.32. The van der Waals surface area contributed by atoms with Gasteiger partial charge < -0.3 is 5.73 Å². The number of imidazole rings is 1. The molecule has 0 unspecified atom stereocenters. The molecule has 5 aromatic rings. The summed E-state index contributed by atoms with van der Waals surface area (Å²) in [6.45, 7) is 3.18. The molecule has 7 heteroatoms. The second kappa shape index (κ2) is 9.87. The van der Waals surface area contributed by atoms with E-state index in [0.29, 0.717) is 11.7 Å². The van der Waals surface area contributed by atoms with Crippen molar-refractivity contribution in [2.75, 3.05) is 18.8 Å². The Morgan fingerprint density at radius 2 is 1.64 bits per heavy atom. The number of piperidine rings is 1. The number of pyridine rings is 3. The van der Waals surface area contributed by atoms with Gasteiger partial charge in [-0.15, -0.1) is 0 Å². The molecular weight excluding hydrogens is 446 g/mol. The summed E-state index contributed by atoms with van der Waals surface area (Å²) in [6.07, 6.45) is 8.93. The summed E-state index contributed by atoms with van der Waals surface area (Å²) >= 11 is 0. The monoisotopic (exact) mass is 475 g/mol. The summed E-state index contributed by atoms with van der Waals surface area (Å²) in [5.41, 5.74) is 12.0. The van der Waals surface area contributed by atoms with Crippen molar-refractivity contribution < 1.29 is 0 Å². The molecule has 2 N–H and O–H groups in total. The number of rotatable bonds is 6. The summed E-state index contributed by atoms with van der Waals surface area (Å²) in [6, 6.07) is 22.7. The maximum Gasteiger partial charge on any atom is 0.165 e. The highest BCUT2D eigenvalue weighted by molar-refractivity contribution is 5.79. The zero-order valence-corrected chi connectivity index (χ0v) is 20.2. The lowest BCUT2D eigenvalue weighted by Crippen LogP contribution is -2.33. The summed E-state index contributed by atoms with van der Waals surface area (Å²) in [4.78, 5) is 20.6. The van der Waals surface area contributed by atoms with Crippen molar-refractivity contribution in [2.45, 2.75) is 25.8 Å². The highest BCUT2D eigenvalue weighted by Crippen LogP contribution is 2.28. The molecule has 7 nitrogen and oxygen atoms in total. The van der Waals surface area contributed by atoms with Crippen LogP contribution in [-0.4, -0.2) is 42.5 Å². The lowest BCUT2D eigenvalue weighted by molar-refractivity contribution is 0.177. The van der Waals surface area contributed by atoms with Gasteiger partial charge in [0, 0.05) is 30.8 Å². The van der Waals surface area contributed by atoms with Gasteiger partial charge in [0.1, 0.15) is 17.0 Å². The molecule has 0 bridgehead atoms. The van der Waals surface area contributed by atoms with Crippen LogP contribution in [0.5, 0.6) is 0 Å². The van der Waals surface area contributed by atoms with E-state index in [1.165, 1.54) is 24.0 Å². The molecule has 4 aromatic heterocycles. The first-order valence-corrected chi connectivity index (χ1v) is 12.5. The third kappa shape index (κ3) is 4.70. The minimum atomic E-state index is 0.595. The Kier molecular flexibility index (Phi) is 6.13. The van der Waals surface area contributed by atoms with Crippen molar-refractivity contribution in [3.63, 3.8) is 0 Å². The quantitative estimate of drug-likeness (QED) is 0.375. The first-order valence-electron chi connectivity index (χ1n) is 12.5. The predicted molar refractivity (Wildman–Crippen MR) is 142 cm³/mol. The summed E-state index contributed by atoms with van der Waals surface area (Å²) in [5, 5.41) is 0. The van der Waals surface area contributed by atoms with Crippen LogP contribution in [0.2, 0.25) is 0 Å². The van der Waals surface area contributed by atoms with Crippen LogP contribution in [0.4, 0.5) is 5.82 Å². The van der Waals surface area contributed by atoms with E-state index in [4.69, 9.17) is 10.7 Å². The first kappa shape index (κ1) is 22.4. The van der Waals surface area contributed by atoms with E-state index in [9.17, 15) is 0 Å². The smallest absolute Gasteiger partial charge is 0.165 e. The Balaban J connectivity index is 1.16. The van der Waals surface area contributed by atoms with Gasteiger partial charge in [-0.25, -0.2) is 15.0 Å². The molecule has 0 spiro atoms. The summed E-state index contributed by atoms with van der Waals surface area (Å²) < 4.78 is 2.10. The Morgan fingerprint density at radius 3 is 2.42 bits per heavy atom. The number of anilines is 1. The number of fused-ring (bicyclic) bond motifs is 1. The molecule has 1 aliphatic rings. The van der Waals surface area contributed by atoms with Gasteiger partial charge in [0.05, 0.1) is 0 Å². The number of hydrogen-bond acceptors (Lipinski definition) is 6.